The number of nitrogens with two attached hydrogens (primary N) is 1. The highest BCUT2D eigenvalue weighted by Gasteiger charge is 2.25. The smallest absolute Gasteiger partial charge is 0.328 e. The van der Waals surface area contributed by atoms with Crippen LogP contribution in [0.2, 0.25) is 0 Å². The molecule has 0 aromatic heterocycles. The molecule has 2 N–H and O–H groups in total. The molecule has 108 valence electrons. The molecule has 0 aromatic rings. The first-order valence-electron chi connectivity index (χ1n) is 6.61. The first-order valence-corrected chi connectivity index (χ1v) is 8.07. The van der Waals surface area contributed by atoms with Crippen LogP contribution in [0, 0.1) is 0 Å². The fourth-order valence-corrected chi connectivity index (χ4v) is 3.05. The van der Waals surface area contributed by atoms with Gasteiger partial charge in [0.05, 0.1) is 19.8 Å². The van der Waals surface area contributed by atoms with Gasteiger partial charge in [0, 0.05) is 12.6 Å². The lowest BCUT2D eigenvalue weighted by Gasteiger charge is -2.30. The maximum atomic E-state index is 12.0. The number of piperidine rings is 1. The summed E-state index contributed by atoms with van der Waals surface area (Å²) in [5.41, 5.74) is 5.83. The van der Waals surface area contributed by atoms with Gasteiger partial charge in [-0.1, -0.05) is 0 Å². The largest absolute Gasteiger partial charge is 0.474 e. The monoisotopic (exact) mass is 280 g/mol. The summed E-state index contributed by atoms with van der Waals surface area (Å²) < 4.78 is 27.4. The second-order valence-corrected chi connectivity index (χ2v) is 5.96. The third-order valence-electron chi connectivity index (χ3n) is 2.86. The number of likely N-dealkylation sites (tertiary alicyclic amines) is 1. The van der Waals surface area contributed by atoms with E-state index in [2.05, 4.69) is 4.90 Å². The normalized spacial score (nSPS) is 19.3. The number of hydrogen-bond donors (Lipinski definition) is 1. The van der Waals surface area contributed by atoms with E-state index in [0.717, 1.165) is 32.5 Å². The Hall–Kier alpha value is 0.0300. The van der Waals surface area contributed by atoms with Gasteiger partial charge in [-0.3, -0.25) is 13.6 Å². The second kappa shape index (κ2) is 8.25. The Balaban J connectivity index is 2.24. The maximum Gasteiger partial charge on any atom is 0.474 e. The predicted molar refractivity (Wildman–Crippen MR) is 70.5 cm³/mol. The molecule has 0 atom stereocenters. The van der Waals surface area contributed by atoms with Crippen LogP contribution < -0.4 is 5.73 Å². The van der Waals surface area contributed by atoms with E-state index in [1.165, 1.54) is 0 Å². The van der Waals surface area contributed by atoms with Gasteiger partial charge in [0.15, 0.2) is 0 Å². The van der Waals surface area contributed by atoms with Gasteiger partial charge in [0.1, 0.15) is 0 Å². The van der Waals surface area contributed by atoms with Crippen LogP contribution in [0.3, 0.4) is 0 Å². The van der Waals surface area contributed by atoms with Crippen LogP contribution in [0.15, 0.2) is 0 Å². The van der Waals surface area contributed by atoms with Crippen LogP contribution in [0.4, 0.5) is 0 Å². The van der Waals surface area contributed by atoms with Crippen LogP contribution in [0.25, 0.3) is 0 Å². The maximum absolute atomic E-state index is 12.0. The van der Waals surface area contributed by atoms with Crippen LogP contribution in [-0.2, 0) is 18.1 Å². The summed E-state index contributed by atoms with van der Waals surface area (Å²) in [7, 11) is -3.35. The average Bonchev–Trinajstić information content (AvgIpc) is 2.32. The van der Waals surface area contributed by atoms with E-state index in [9.17, 15) is 4.57 Å². The van der Waals surface area contributed by atoms with E-state index in [0.29, 0.717) is 25.9 Å². The molecule has 0 amide bonds. The fourth-order valence-electron chi connectivity index (χ4n) is 1.89. The van der Waals surface area contributed by atoms with Gasteiger partial charge in [-0.05, 0) is 39.8 Å². The van der Waals surface area contributed by atoms with Crippen molar-refractivity contribution < 1.29 is 18.1 Å². The van der Waals surface area contributed by atoms with E-state index in [1.807, 2.05) is 0 Å². The summed E-state index contributed by atoms with van der Waals surface area (Å²) in [5.74, 6) is 0. The minimum atomic E-state index is -3.35. The van der Waals surface area contributed by atoms with E-state index in [1.54, 1.807) is 13.8 Å². The van der Waals surface area contributed by atoms with Crippen molar-refractivity contribution in [3.63, 3.8) is 0 Å². The van der Waals surface area contributed by atoms with Crippen molar-refractivity contribution in [2.75, 3.05) is 39.5 Å². The molecule has 0 spiro atoms. The molecular weight excluding hydrogens is 255 g/mol. The first kappa shape index (κ1) is 16.1. The summed E-state index contributed by atoms with van der Waals surface area (Å²) in [6, 6.07) is 0.320. The summed E-state index contributed by atoms with van der Waals surface area (Å²) in [5, 5.41) is 0. The highest BCUT2D eigenvalue weighted by atomic mass is 31.2. The minimum Gasteiger partial charge on any atom is -0.328 e. The zero-order chi connectivity index (χ0) is 13.4. The van der Waals surface area contributed by atoms with E-state index in [-0.39, 0.29) is 0 Å². The van der Waals surface area contributed by atoms with Crippen molar-refractivity contribution in [2.24, 2.45) is 5.73 Å². The Morgan fingerprint density at radius 3 is 2.22 bits per heavy atom. The number of hydrogen-bond acceptors (Lipinski definition) is 6. The third-order valence-corrected chi connectivity index (χ3v) is 4.51. The van der Waals surface area contributed by atoms with Crippen LogP contribution in [-0.4, -0.2) is 50.4 Å². The molecule has 18 heavy (non-hydrogen) atoms. The highest BCUT2D eigenvalue weighted by Crippen LogP contribution is 2.48. The zero-order valence-electron chi connectivity index (χ0n) is 11.3. The Kier molecular flexibility index (Phi) is 7.37. The molecule has 0 saturated carbocycles. The van der Waals surface area contributed by atoms with Gasteiger partial charge in [0.2, 0.25) is 0 Å². The highest BCUT2D eigenvalue weighted by molar-refractivity contribution is 7.48. The van der Waals surface area contributed by atoms with Crippen LogP contribution in [0.5, 0.6) is 0 Å². The molecule has 7 heteroatoms. The zero-order valence-corrected chi connectivity index (χ0v) is 12.2. The van der Waals surface area contributed by atoms with Crippen molar-refractivity contribution >= 4 is 7.82 Å². The minimum absolute atomic E-state index is 0.315. The topological polar surface area (TPSA) is 74.0 Å². The Morgan fingerprint density at radius 1 is 1.17 bits per heavy atom. The van der Waals surface area contributed by atoms with Gasteiger partial charge in [-0.2, -0.15) is 0 Å². The molecule has 1 saturated heterocycles. The predicted octanol–water partition coefficient (Wildman–Crippen LogP) is 1.61. The summed E-state index contributed by atoms with van der Waals surface area (Å²) in [4.78, 5) is 2.26. The lowest BCUT2D eigenvalue weighted by atomic mass is 10.1. The van der Waals surface area contributed by atoms with E-state index >= 15 is 0 Å². The van der Waals surface area contributed by atoms with Crippen molar-refractivity contribution in [2.45, 2.75) is 32.7 Å². The second-order valence-electron chi connectivity index (χ2n) is 4.30. The van der Waals surface area contributed by atoms with Crippen LogP contribution >= 0.6 is 7.82 Å². The van der Waals surface area contributed by atoms with Gasteiger partial charge in [-0.15, -0.1) is 0 Å². The van der Waals surface area contributed by atoms with Gasteiger partial charge in [-0.25, -0.2) is 4.57 Å². The van der Waals surface area contributed by atoms with Gasteiger partial charge in [0.25, 0.3) is 0 Å². The average molecular weight is 280 g/mol. The van der Waals surface area contributed by atoms with Crippen molar-refractivity contribution in [3.05, 3.63) is 0 Å². The Morgan fingerprint density at radius 2 is 1.72 bits per heavy atom. The molecular formula is C11H25N2O4P. The molecule has 0 aliphatic carbocycles. The molecule has 1 heterocycles. The SMILES string of the molecule is CCOP(=O)(OCC)OCCN1CCC(N)CC1. The third kappa shape index (κ3) is 5.78. The van der Waals surface area contributed by atoms with Crippen molar-refractivity contribution in [1.82, 2.24) is 4.90 Å². The summed E-state index contributed by atoms with van der Waals surface area (Å²) >= 11 is 0. The number of phosphoric acid groups is 1. The molecule has 0 unspecified atom stereocenters. The first-order chi connectivity index (χ1) is 8.59. The number of rotatable bonds is 8. The molecule has 1 aliphatic rings. The standard InChI is InChI=1S/C11H25N2O4P/c1-3-15-18(14,16-4-2)17-10-9-13-7-5-11(12)6-8-13/h11H,3-10,12H2,1-2H3. The molecule has 0 aromatic carbocycles. The lowest BCUT2D eigenvalue weighted by Crippen LogP contribution is -2.40. The summed E-state index contributed by atoms with van der Waals surface area (Å²) in [6.07, 6.45) is 2.02. The Labute approximate surface area is 109 Å². The van der Waals surface area contributed by atoms with Crippen LogP contribution in [0.1, 0.15) is 26.7 Å². The lowest BCUT2D eigenvalue weighted by molar-refractivity contribution is 0.103. The Bertz CT molecular complexity index is 260. The van der Waals surface area contributed by atoms with E-state index in [4.69, 9.17) is 19.3 Å². The number of phosphoric ester groups is 1. The van der Waals surface area contributed by atoms with Gasteiger partial charge >= 0.3 is 7.82 Å². The van der Waals surface area contributed by atoms with Crippen molar-refractivity contribution in [1.29, 1.82) is 0 Å². The van der Waals surface area contributed by atoms with E-state index < -0.39 is 7.82 Å². The molecule has 1 fully saturated rings. The molecule has 1 rings (SSSR count). The van der Waals surface area contributed by atoms with Crippen molar-refractivity contribution in [3.8, 4) is 0 Å². The number of nitrogens with zero attached hydrogens (tertiary/aromatic N) is 1. The quantitative estimate of drug-likeness (QED) is 0.681. The molecule has 0 bridgehead atoms. The molecule has 0 radical (unpaired) electrons. The van der Waals surface area contributed by atoms with Gasteiger partial charge < -0.3 is 10.6 Å². The molecule has 1 aliphatic heterocycles. The summed E-state index contributed by atoms with van der Waals surface area (Å²) in [6.45, 7) is 7.19. The fraction of sp³-hybridized carbons (Fsp3) is 1.00. The molecule has 6 nitrogen and oxygen atoms in total.